The molecule has 1 aromatic carbocycles. The molecule has 0 bridgehead atoms. The second kappa shape index (κ2) is 8.49. The highest BCUT2D eigenvalue weighted by Crippen LogP contribution is 2.19. The molecule has 2 amide bonds. The topological polar surface area (TPSA) is 75.4 Å². The molecule has 5 nitrogen and oxygen atoms in total. The van der Waals surface area contributed by atoms with Gasteiger partial charge in [0, 0.05) is 26.1 Å². The van der Waals surface area contributed by atoms with Crippen LogP contribution in [0.4, 0.5) is 0 Å². The van der Waals surface area contributed by atoms with Crippen molar-refractivity contribution in [2.24, 2.45) is 11.1 Å². The summed E-state index contributed by atoms with van der Waals surface area (Å²) >= 11 is 0. The Morgan fingerprint density at radius 3 is 2.46 bits per heavy atom. The summed E-state index contributed by atoms with van der Waals surface area (Å²) in [5.41, 5.74) is 7.82. The van der Waals surface area contributed by atoms with Gasteiger partial charge in [0.15, 0.2) is 0 Å². The number of nitrogens with one attached hydrogen (secondary N) is 1. The summed E-state index contributed by atoms with van der Waals surface area (Å²) in [6, 6.07) is 7.35. The van der Waals surface area contributed by atoms with Gasteiger partial charge in [-0.25, -0.2) is 0 Å². The van der Waals surface area contributed by atoms with E-state index in [1.54, 1.807) is 0 Å². The van der Waals surface area contributed by atoms with Crippen LogP contribution in [-0.4, -0.2) is 29.3 Å². The summed E-state index contributed by atoms with van der Waals surface area (Å²) < 4.78 is 0. The molecule has 6 heteroatoms. The molecule has 1 fully saturated rings. The van der Waals surface area contributed by atoms with Crippen LogP contribution < -0.4 is 11.1 Å². The second-order valence-electron chi connectivity index (χ2n) is 7.25. The van der Waals surface area contributed by atoms with Gasteiger partial charge in [0.2, 0.25) is 11.8 Å². The molecule has 1 heterocycles. The molecule has 1 atom stereocenters. The van der Waals surface area contributed by atoms with Crippen molar-refractivity contribution in [2.45, 2.75) is 52.7 Å². The third kappa shape index (κ3) is 5.21. The second-order valence-corrected chi connectivity index (χ2v) is 7.25. The minimum absolute atomic E-state index is 0. The van der Waals surface area contributed by atoms with Gasteiger partial charge in [0.25, 0.3) is 0 Å². The largest absolute Gasteiger partial charge is 0.351 e. The van der Waals surface area contributed by atoms with E-state index in [-0.39, 0.29) is 29.6 Å². The van der Waals surface area contributed by atoms with Crippen molar-refractivity contribution in [2.75, 3.05) is 6.54 Å². The molecular weight excluding hydrogens is 326 g/mol. The van der Waals surface area contributed by atoms with E-state index >= 15 is 0 Å². The first-order valence-corrected chi connectivity index (χ1v) is 8.17. The number of halogens is 1. The predicted octanol–water partition coefficient (Wildman–Crippen LogP) is 2.22. The minimum atomic E-state index is -0.546. The summed E-state index contributed by atoms with van der Waals surface area (Å²) in [5, 5.41) is 2.91. The van der Waals surface area contributed by atoms with Crippen LogP contribution in [-0.2, 0) is 22.7 Å². The number of rotatable bonds is 5. The van der Waals surface area contributed by atoms with Gasteiger partial charge in [0.05, 0.1) is 6.04 Å². The standard InChI is InChI=1S/C18H27N3O2.ClH/c1-18(2,3)16(19)17(23)20-11-13-7-4-5-8-14(13)12-21-10-6-9-15(21)22;/h4-5,7-8,16H,6,9-12,19H2,1-3H3,(H,20,23);1H/t16-;/m1./s1. The van der Waals surface area contributed by atoms with Crippen LogP contribution in [0.5, 0.6) is 0 Å². The molecule has 1 aromatic rings. The lowest BCUT2D eigenvalue weighted by Gasteiger charge is -2.26. The van der Waals surface area contributed by atoms with Crippen molar-refractivity contribution in [3.05, 3.63) is 35.4 Å². The molecule has 1 aliphatic rings. The van der Waals surface area contributed by atoms with Crippen molar-refractivity contribution in [1.82, 2.24) is 10.2 Å². The predicted molar refractivity (Wildman–Crippen MR) is 97.6 cm³/mol. The maximum absolute atomic E-state index is 12.2. The summed E-state index contributed by atoms with van der Waals surface area (Å²) in [7, 11) is 0. The number of nitrogens with zero attached hydrogens (tertiary/aromatic N) is 1. The number of benzene rings is 1. The van der Waals surface area contributed by atoms with E-state index in [0.717, 1.165) is 24.1 Å². The quantitative estimate of drug-likeness (QED) is 0.852. The van der Waals surface area contributed by atoms with E-state index < -0.39 is 6.04 Å². The molecule has 0 radical (unpaired) electrons. The third-order valence-electron chi connectivity index (χ3n) is 4.32. The zero-order valence-electron chi connectivity index (χ0n) is 14.7. The Bertz CT molecular complexity index is 584. The maximum Gasteiger partial charge on any atom is 0.237 e. The highest BCUT2D eigenvalue weighted by atomic mass is 35.5. The van der Waals surface area contributed by atoms with Crippen molar-refractivity contribution in [1.29, 1.82) is 0 Å². The van der Waals surface area contributed by atoms with Crippen molar-refractivity contribution in [3.8, 4) is 0 Å². The van der Waals surface area contributed by atoms with Gasteiger partial charge in [-0.05, 0) is 23.0 Å². The fourth-order valence-corrected chi connectivity index (χ4v) is 2.65. The van der Waals surface area contributed by atoms with Gasteiger partial charge in [-0.15, -0.1) is 12.4 Å². The normalized spacial score (nSPS) is 15.8. The zero-order valence-corrected chi connectivity index (χ0v) is 15.5. The number of hydrogen-bond acceptors (Lipinski definition) is 3. The highest BCUT2D eigenvalue weighted by molar-refractivity contribution is 5.85. The van der Waals surface area contributed by atoms with Gasteiger partial charge >= 0.3 is 0 Å². The van der Waals surface area contributed by atoms with E-state index in [4.69, 9.17) is 5.73 Å². The summed E-state index contributed by atoms with van der Waals surface area (Å²) in [6.07, 6.45) is 1.57. The molecule has 2 rings (SSSR count). The lowest BCUT2D eigenvalue weighted by molar-refractivity contribution is -0.128. The fraction of sp³-hybridized carbons (Fsp3) is 0.556. The van der Waals surface area contributed by atoms with Crippen molar-refractivity contribution in [3.63, 3.8) is 0 Å². The first-order valence-electron chi connectivity index (χ1n) is 8.17. The zero-order chi connectivity index (χ0) is 17.0. The lowest BCUT2D eigenvalue weighted by atomic mass is 9.87. The first kappa shape index (κ1) is 20.5. The van der Waals surface area contributed by atoms with Crippen molar-refractivity contribution < 1.29 is 9.59 Å². The van der Waals surface area contributed by atoms with Crippen LogP contribution in [0.15, 0.2) is 24.3 Å². The molecule has 1 aliphatic heterocycles. The van der Waals surface area contributed by atoms with Gasteiger partial charge in [-0.2, -0.15) is 0 Å². The van der Waals surface area contributed by atoms with Crippen LogP contribution in [0.3, 0.4) is 0 Å². The van der Waals surface area contributed by atoms with Gasteiger partial charge < -0.3 is 16.0 Å². The molecule has 0 spiro atoms. The van der Waals surface area contributed by atoms with Crippen LogP contribution in [0, 0.1) is 5.41 Å². The first-order chi connectivity index (χ1) is 10.8. The van der Waals surface area contributed by atoms with E-state index in [1.165, 1.54) is 0 Å². The Hall–Kier alpha value is -1.59. The Morgan fingerprint density at radius 2 is 1.92 bits per heavy atom. The fourth-order valence-electron chi connectivity index (χ4n) is 2.65. The van der Waals surface area contributed by atoms with Gasteiger partial charge in [-0.1, -0.05) is 45.0 Å². The number of nitrogens with two attached hydrogens (primary N) is 1. The van der Waals surface area contributed by atoms with Crippen LogP contribution in [0.1, 0.15) is 44.7 Å². The molecular formula is C18H28ClN3O2. The van der Waals surface area contributed by atoms with Gasteiger partial charge in [0.1, 0.15) is 0 Å². The number of carbonyl (C=O) groups excluding carboxylic acids is 2. The van der Waals surface area contributed by atoms with Gasteiger partial charge in [-0.3, -0.25) is 9.59 Å². The number of carbonyl (C=O) groups is 2. The molecule has 1 saturated heterocycles. The summed E-state index contributed by atoms with van der Waals surface area (Å²) in [6.45, 7) is 7.70. The molecule has 0 unspecified atom stereocenters. The number of hydrogen-bond donors (Lipinski definition) is 2. The number of amides is 2. The Balaban J connectivity index is 0.00000288. The monoisotopic (exact) mass is 353 g/mol. The molecule has 0 aliphatic carbocycles. The molecule has 0 aromatic heterocycles. The maximum atomic E-state index is 12.2. The molecule has 3 N–H and O–H groups in total. The highest BCUT2D eigenvalue weighted by Gasteiger charge is 2.27. The summed E-state index contributed by atoms with van der Waals surface area (Å²) in [4.78, 5) is 25.8. The minimum Gasteiger partial charge on any atom is -0.351 e. The van der Waals surface area contributed by atoms with Crippen LogP contribution >= 0.6 is 12.4 Å². The average Bonchev–Trinajstić information content (AvgIpc) is 2.89. The Kier molecular flexibility index (Phi) is 7.24. The SMILES string of the molecule is CC(C)(C)[C@H](N)C(=O)NCc1ccccc1CN1CCCC1=O.Cl. The molecule has 0 saturated carbocycles. The van der Waals surface area contributed by atoms with Crippen LogP contribution in [0.25, 0.3) is 0 Å². The lowest BCUT2D eigenvalue weighted by Crippen LogP contribution is -2.48. The molecule has 24 heavy (non-hydrogen) atoms. The smallest absolute Gasteiger partial charge is 0.237 e. The Morgan fingerprint density at radius 1 is 1.29 bits per heavy atom. The van der Waals surface area contributed by atoms with E-state index in [0.29, 0.717) is 19.5 Å². The number of likely N-dealkylation sites (tertiary alicyclic amines) is 1. The summed E-state index contributed by atoms with van der Waals surface area (Å²) in [5.74, 6) is 0.0585. The van der Waals surface area contributed by atoms with Crippen molar-refractivity contribution >= 4 is 24.2 Å². The third-order valence-corrected chi connectivity index (χ3v) is 4.32. The van der Waals surface area contributed by atoms with E-state index in [9.17, 15) is 9.59 Å². The Labute approximate surface area is 150 Å². The van der Waals surface area contributed by atoms with E-state index in [2.05, 4.69) is 5.32 Å². The molecule has 134 valence electrons. The van der Waals surface area contributed by atoms with Crippen LogP contribution in [0.2, 0.25) is 0 Å². The average molecular weight is 354 g/mol. The van der Waals surface area contributed by atoms with E-state index in [1.807, 2.05) is 49.9 Å².